The van der Waals surface area contributed by atoms with Gasteiger partial charge >= 0.3 is 0 Å². The van der Waals surface area contributed by atoms with Crippen LogP contribution in [0.15, 0.2) is 36.4 Å². The molecule has 2 rings (SSSR count). The molecule has 3 heteroatoms. The van der Waals surface area contributed by atoms with E-state index in [1.54, 1.807) is 6.07 Å². The number of likely N-dealkylation sites (N-methyl/N-ethyl adjacent to an activating group) is 1. The number of halogens is 1. The molecule has 0 saturated heterocycles. The third-order valence-corrected chi connectivity index (χ3v) is 2.82. The summed E-state index contributed by atoms with van der Waals surface area (Å²) in [4.78, 5) is 6.48. The van der Waals surface area contributed by atoms with Gasteiger partial charge in [-0.1, -0.05) is 29.8 Å². The zero-order valence-electron chi connectivity index (χ0n) is 8.81. The maximum absolute atomic E-state index is 5.87. The Morgan fingerprint density at radius 1 is 1.40 bits per heavy atom. The maximum atomic E-state index is 5.87. The van der Waals surface area contributed by atoms with Crippen molar-refractivity contribution in [3.05, 3.63) is 47.3 Å². The summed E-state index contributed by atoms with van der Waals surface area (Å²) in [7, 11) is 2.06. The Hall–Kier alpha value is -1.28. The van der Waals surface area contributed by atoms with E-state index in [-0.39, 0.29) is 0 Å². The molecule has 0 aliphatic carbocycles. The van der Waals surface area contributed by atoms with Gasteiger partial charge in [0.1, 0.15) is 5.15 Å². The van der Waals surface area contributed by atoms with Crippen molar-refractivity contribution in [2.75, 3.05) is 7.05 Å². The molecule has 1 aliphatic rings. The first-order chi connectivity index (χ1) is 7.18. The van der Waals surface area contributed by atoms with Crippen molar-refractivity contribution in [3.8, 4) is 0 Å². The topological polar surface area (TPSA) is 16.1 Å². The monoisotopic (exact) mass is 220 g/mol. The summed E-state index contributed by atoms with van der Waals surface area (Å²) in [5.74, 6) is 0. The average Bonchev–Trinajstić information content (AvgIpc) is 2.22. The van der Waals surface area contributed by atoms with Crippen LogP contribution in [0, 0.1) is 0 Å². The second-order valence-electron chi connectivity index (χ2n) is 3.63. The van der Waals surface area contributed by atoms with Crippen LogP contribution >= 0.6 is 11.6 Å². The van der Waals surface area contributed by atoms with Crippen LogP contribution in [-0.4, -0.2) is 23.0 Å². The van der Waals surface area contributed by atoms with E-state index in [4.69, 9.17) is 11.6 Å². The second-order valence-corrected chi connectivity index (χ2v) is 4.02. The van der Waals surface area contributed by atoms with E-state index in [0.717, 1.165) is 11.4 Å². The lowest BCUT2D eigenvalue weighted by Crippen LogP contribution is -2.27. The van der Waals surface area contributed by atoms with Gasteiger partial charge in [-0.3, -0.25) is 0 Å². The molecule has 0 bridgehead atoms. The fraction of sp³-hybridized carbons (Fsp3) is 0.250. The van der Waals surface area contributed by atoms with E-state index in [0.29, 0.717) is 11.2 Å². The first-order valence-electron chi connectivity index (χ1n) is 4.93. The minimum Gasteiger partial charge on any atom is -0.367 e. The third-order valence-electron chi connectivity index (χ3n) is 2.61. The average molecular weight is 221 g/mol. The van der Waals surface area contributed by atoms with E-state index in [2.05, 4.69) is 42.1 Å². The molecular formula is C12H13ClN2. The van der Waals surface area contributed by atoms with Gasteiger partial charge < -0.3 is 4.90 Å². The molecule has 0 radical (unpaired) electrons. The van der Waals surface area contributed by atoms with E-state index >= 15 is 0 Å². The van der Waals surface area contributed by atoms with Crippen LogP contribution in [0.2, 0.25) is 5.15 Å². The SMILES string of the molecule is CC1C=CC=C(c2cccc(Cl)n2)N1C. The molecule has 78 valence electrons. The van der Waals surface area contributed by atoms with E-state index < -0.39 is 0 Å². The van der Waals surface area contributed by atoms with Crippen LogP contribution in [0.4, 0.5) is 0 Å². The Morgan fingerprint density at radius 3 is 2.93 bits per heavy atom. The number of rotatable bonds is 1. The third kappa shape index (κ3) is 2.05. The lowest BCUT2D eigenvalue weighted by molar-refractivity contribution is 0.424. The lowest BCUT2D eigenvalue weighted by atomic mass is 10.1. The van der Waals surface area contributed by atoms with Crippen molar-refractivity contribution in [1.82, 2.24) is 9.88 Å². The predicted molar refractivity (Wildman–Crippen MR) is 63.6 cm³/mol. The smallest absolute Gasteiger partial charge is 0.129 e. The Balaban J connectivity index is 2.39. The molecule has 0 fully saturated rings. The summed E-state index contributed by atoms with van der Waals surface area (Å²) in [5, 5.41) is 0.531. The molecule has 15 heavy (non-hydrogen) atoms. The first-order valence-corrected chi connectivity index (χ1v) is 5.30. The van der Waals surface area contributed by atoms with Crippen molar-refractivity contribution in [3.63, 3.8) is 0 Å². The van der Waals surface area contributed by atoms with Crippen LogP contribution in [0.1, 0.15) is 12.6 Å². The van der Waals surface area contributed by atoms with Gasteiger partial charge in [0.25, 0.3) is 0 Å². The van der Waals surface area contributed by atoms with Crippen LogP contribution < -0.4 is 0 Å². The highest BCUT2D eigenvalue weighted by Crippen LogP contribution is 2.23. The van der Waals surface area contributed by atoms with E-state index in [1.165, 1.54) is 0 Å². The molecule has 1 atom stereocenters. The maximum Gasteiger partial charge on any atom is 0.129 e. The molecule has 2 nitrogen and oxygen atoms in total. The molecule has 0 spiro atoms. The van der Waals surface area contributed by atoms with Gasteiger partial charge in [-0.2, -0.15) is 0 Å². The normalized spacial score (nSPS) is 20.3. The van der Waals surface area contributed by atoms with Crippen LogP contribution in [0.25, 0.3) is 5.70 Å². The summed E-state index contributed by atoms with van der Waals surface area (Å²) in [6.07, 6.45) is 6.26. The zero-order valence-corrected chi connectivity index (χ0v) is 9.57. The van der Waals surface area contributed by atoms with Crippen LogP contribution in [0.5, 0.6) is 0 Å². The fourth-order valence-corrected chi connectivity index (χ4v) is 1.75. The quantitative estimate of drug-likeness (QED) is 0.677. The van der Waals surface area contributed by atoms with Crippen molar-refractivity contribution in [2.45, 2.75) is 13.0 Å². The van der Waals surface area contributed by atoms with Gasteiger partial charge in [0, 0.05) is 13.1 Å². The Labute approximate surface area is 94.9 Å². The standard InChI is InChI=1S/C12H13ClN2/c1-9-5-3-7-11(15(9)2)10-6-4-8-12(13)14-10/h3-9H,1-2H3. The molecule has 2 heterocycles. The van der Waals surface area contributed by atoms with Crippen LogP contribution in [0.3, 0.4) is 0 Å². The molecule has 0 N–H and O–H groups in total. The van der Waals surface area contributed by atoms with Gasteiger partial charge in [0.05, 0.1) is 11.4 Å². The minimum atomic E-state index is 0.394. The summed E-state index contributed by atoms with van der Waals surface area (Å²) < 4.78 is 0. The van der Waals surface area contributed by atoms with Crippen molar-refractivity contribution < 1.29 is 0 Å². The highest BCUT2D eigenvalue weighted by molar-refractivity contribution is 6.29. The summed E-state index contributed by atoms with van der Waals surface area (Å²) in [6, 6.07) is 6.07. The summed E-state index contributed by atoms with van der Waals surface area (Å²) in [6.45, 7) is 2.15. The first kappa shape index (κ1) is 10.2. The van der Waals surface area contributed by atoms with Crippen molar-refractivity contribution >= 4 is 17.3 Å². The largest absolute Gasteiger partial charge is 0.367 e. The minimum absolute atomic E-state index is 0.394. The van der Waals surface area contributed by atoms with Gasteiger partial charge in [0.15, 0.2) is 0 Å². The van der Waals surface area contributed by atoms with Gasteiger partial charge in [-0.05, 0) is 25.1 Å². The highest BCUT2D eigenvalue weighted by atomic mass is 35.5. The molecule has 1 aromatic rings. The van der Waals surface area contributed by atoms with E-state index in [1.807, 2.05) is 12.1 Å². The molecule has 0 amide bonds. The fourth-order valence-electron chi connectivity index (χ4n) is 1.59. The number of allylic oxidation sites excluding steroid dienone is 2. The zero-order chi connectivity index (χ0) is 10.8. The number of hydrogen-bond donors (Lipinski definition) is 0. The number of hydrogen-bond acceptors (Lipinski definition) is 2. The Kier molecular flexibility index (Phi) is 2.78. The van der Waals surface area contributed by atoms with Gasteiger partial charge in [-0.25, -0.2) is 4.98 Å². The number of pyridine rings is 1. The van der Waals surface area contributed by atoms with Crippen molar-refractivity contribution in [1.29, 1.82) is 0 Å². The predicted octanol–water partition coefficient (Wildman–Crippen LogP) is 2.97. The van der Waals surface area contributed by atoms with Gasteiger partial charge in [-0.15, -0.1) is 0 Å². The molecule has 0 saturated carbocycles. The summed E-state index contributed by atoms with van der Waals surface area (Å²) >= 11 is 5.87. The molecule has 1 unspecified atom stereocenters. The molecular weight excluding hydrogens is 208 g/mol. The van der Waals surface area contributed by atoms with Gasteiger partial charge in [0.2, 0.25) is 0 Å². The Morgan fingerprint density at radius 2 is 2.20 bits per heavy atom. The van der Waals surface area contributed by atoms with Crippen molar-refractivity contribution in [2.24, 2.45) is 0 Å². The highest BCUT2D eigenvalue weighted by Gasteiger charge is 2.15. The number of nitrogens with zero attached hydrogens (tertiary/aromatic N) is 2. The lowest BCUT2D eigenvalue weighted by Gasteiger charge is -2.29. The summed E-state index contributed by atoms with van der Waals surface area (Å²) in [5.41, 5.74) is 2.02. The van der Waals surface area contributed by atoms with Crippen LogP contribution in [-0.2, 0) is 0 Å². The Bertz CT molecular complexity index is 423. The molecule has 0 aromatic carbocycles. The molecule has 1 aliphatic heterocycles. The molecule has 1 aromatic heterocycles. The number of aromatic nitrogens is 1. The second kappa shape index (κ2) is 4.07. The van der Waals surface area contributed by atoms with E-state index in [9.17, 15) is 0 Å².